The molecule has 4 aromatic heterocycles. The Bertz CT molecular complexity index is 2200. The fraction of sp³-hybridized carbons (Fsp3) is 0.0938. The van der Waals surface area contributed by atoms with Gasteiger partial charge >= 0.3 is 0 Å². The SMILES string of the molecule is Cc1ccc2c3c(cc[n+]2c1)=CC1C(C=3)c2cccc3c4cc5sc6ccccc6c5cc4n1c23. The number of para-hydroxylation sites is 1. The van der Waals surface area contributed by atoms with Gasteiger partial charge in [-0.25, -0.2) is 0 Å². The van der Waals surface area contributed by atoms with Gasteiger partial charge in [-0.3, -0.25) is 0 Å². The molecule has 2 nitrogen and oxygen atoms in total. The molecule has 0 bridgehead atoms. The van der Waals surface area contributed by atoms with Gasteiger partial charge in [0.25, 0.3) is 0 Å². The van der Waals surface area contributed by atoms with Crippen molar-refractivity contribution < 1.29 is 4.40 Å². The number of aromatic nitrogens is 2. The molecule has 2 unspecified atom stereocenters. The second-order valence-corrected chi connectivity index (χ2v) is 11.2. The molecular weight excluding hydrogens is 444 g/mol. The van der Waals surface area contributed by atoms with Gasteiger partial charge in [-0.15, -0.1) is 11.3 Å². The fourth-order valence-corrected chi connectivity index (χ4v) is 7.83. The molecule has 5 heterocycles. The summed E-state index contributed by atoms with van der Waals surface area (Å²) >= 11 is 1.91. The average molecular weight is 466 g/mol. The Morgan fingerprint density at radius 1 is 0.800 bits per heavy atom. The van der Waals surface area contributed by atoms with E-state index in [1.54, 1.807) is 0 Å². The van der Waals surface area contributed by atoms with Crippen LogP contribution in [0.5, 0.6) is 0 Å². The largest absolute Gasteiger partial charge is 0.332 e. The first kappa shape index (κ1) is 18.4. The van der Waals surface area contributed by atoms with Crippen LogP contribution in [-0.2, 0) is 0 Å². The minimum Gasteiger partial charge on any atom is -0.332 e. The van der Waals surface area contributed by atoms with Gasteiger partial charge in [-0.05, 0) is 42.0 Å². The number of aryl methyl sites for hydroxylation is 1. The predicted molar refractivity (Wildman–Crippen MR) is 147 cm³/mol. The molecule has 1 aliphatic heterocycles. The molecule has 35 heavy (non-hydrogen) atoms. The van der Waals surface area contributed by atoms with Crippen LogP contribution in [0.1, 0.15) is 23.1 Å². The van der Waals surface area contributed by atoms with Gasteiger partial charge in [-0.2, -0.15) is 4.40 Å². The molecule has 2 aliphatic rings. The third-order valence-electron chi connectivity index (χ3n) is 8.20. The molecule has 3 aromatic carbocycles. The summed E-state index contributed by atoms with van der Waals surface area (Å²) in [6.45, 7) is 2.15. The van der Waals surface area contributed by atoms with Crippen LogP contribution in [0.4, 0.5) is 0 Å². The summed E-state index contributed by atoms with van der Waals surface area (Å²) < 4.78 is 7.64. The highest BCUT2D eigenvalue weighted by molar-refractivity contribution is 7.25. The van der Waals surface area contributed by atoms with Crippen molar-refractivity contribution in [2.45, 2.75) is 18.9 Å². The molecular formula is C32H21N2S+. The molecule has 164 valence electrons. The van der Waals surface area contributed by atoms with Gasteiger partial charge in [-0.1, -0.05) is 48.6 Å². The van der Waals surface area contributed by atoms with Crippen molar-refractivity contribution in [3.05, 3.63) is 107 Å². The maximum Gasteiger partial charge on any atom is 0.218 e. The molecule has 9 rings (SSSR count). The summed E-state index contributed by atoms with van der Waals surface area (Å²) in [6.07, 6.45) is 9.46. The van der Waals surface area contributed by atoms with Crippen LogP contribution in [0.15, 0.2) is 85.2 Å². The minimum absolute atomic E-state index is 0.301. The molecule has 0 spiro atoms. The molecule has 0 saturated heterocycles. The highest BCUT2D eigenvalue weighted by Crippen LogP contribution is 2.50. The minimum atomic E-state index is 0.301. The smallest absolute Gasteiger partial charge is 0.218 e. The Kier molecular flexibility index (Phi) is 3.25. The van der Waals surface area contributed by atoms with E-state index in [2.05, 4.69) is 113 Å². The lowest BCUT2D eigenvalue weighted by Crippen LogP contribution is -2.40. The summed E-state index contributed by atoms with van der Waals surface area (Å²) in [5, 5.41) is 8.19. The lowest BCUT2D eigenvalue weighted by molar-refractivity contribution is -0.513. The number of rotatable bonds is 0. The number of hydrogen-bond acceptors (Lipinski definition) is 1. The quantitative estimate of drug-likeness (QED) is 0.239. The average Bonchev–Trinajstić information content (AvgIpc) is 3.52. The van der Waals surface area contributed by atoms with Crippen molar-refractivity contribution in [1.82, 2.24) is 4.57 Å². The standard InChI is InChI=1S/C32H21N2S/c1-18-9-10-27-23-14-24-21-6-4-7-22-25-16-31-26(20-5-2-3-8-30(20)35-31)15-29(25)34(32(21)22)28(24)13-19(23)11-12-33(27)17-18/h2-17,24,28H,1H3/q+1. The third-order valence-corrected chi connectivity index (χ3v) is 9.33. The van der Waals surface area contributed by atoms with Gasteiger partial charge in [0, 0.05) is 54.6 Å². The number of benzene rings is 3. The molecule has 3 heteroatoms. The Balaban J connectivity index is 1.41. The summed E-state index contributed by atoms with van der Waals surface area (Å²) in [5.41, 5.74) is 6.78. The Labute approximate surface area is 205 Å². The number of nitrogens with zero attached hydrogens (tertiary/aromatic N) is 2. The van der Waals surface area contributed by atoms with Crippen LogP contribution >= 0.6 is 11.3 Å². The highest BCUT2D eigenvalue weighted by atomic mass is 32.1. The zero-order valence-electron chi connectivity index (χ0n) is 19.2. The topological polar surface area (TPSA) is 9.03 Å². The first-order chi connectivity index (χ1) is 17.2. The first-order valence-corrected chi connectivity index (χ1v) is 13.1. The molecule has 7 aromatic rings. The summed E-state index contributed by atoms with van der Waals surface area (Å²) in [5.74, 6) is 0.355. The lowest BCUT2D eigenvalue weighted by Gasteiger charge is -2.21. The number of pyridine rings is 2. The van der Waals surface area contributed by atoms with Gasteiger partial charge in [0.15, 0.2) is 12.4 Å². The van der Waals surface area contributed by atoms with E-state index in [0.717, 1.165) is 0 Å². The zero-order chi connectivity index (χ0) is 22.8. The van der Waals surface area contributed by atoms with Crippen LogP contribution < -0.4 is 14.8 Å². The van der Waals surface area contributed by atoms with Crippen molar-refractivity contribution in [2.75, 3.05) is 0 Å². The summed E-state index contributed by atoms with van der Waals surface area (Å²) in [7, 11) is 0. The van der Waals surface area contributed by atoms with E-state index in [9.17, 15) is 0 Å². The maximum atomic E-state index is 2.63. The molecule has 0 saturated carbocycles. The number of fused-ring (bicyclic) bond motifs is 12. The van der Waals surface area contributed by atoms with Crippen molar-refractivity contribution in [1.29, 1.82) is 0 Å². The predicted octanol–water partition coefficient (Wildman–Crippen LogP) is 6.12. The zero-order valence-corrected chi connectivity index (χ0v) is 20.0. The summed E-state index contributed by atoms with van der Waals surface area (Å²) in [4.78, 5) is 0. The second-order valence-electron chi connectivity index (χ2n) is 10.1. The molecule has 0 fully saturated rings. The van der Waals surface area contributed by atoms with Gasteiger partial charge in [0.2, 0.25) is 5.52 Å². The molecule has 0 N–H and O–H groups in total. The monoisotopic (exact) mass is 465 g/mol. The molecule has 1 aliphatic carbocycles. The molecule has 0 amide bonds. The van der Waals surface area contributed by atoms with Crippen LogP contribution in [-0.4, -0.2) is 4.57 Å². The highest BCUT2D eigenvalue weighted by Gasteiger charge is 2.35. The normalized spacial score (nSPS) is 18.3. The van der Waals surface area contributed by atoms with Crippen LogP contribution in [0.3, 0.4) is 0 Å². The van der Waals surface area contributed by atoms with Crippen LogP contribution in [0, 0.1) is 6.92 Å². The van der Waals surface area contributed by atoms with Crippen molar-refractivity contribution in [3.63, 3.8) is 0 Å². The van der Waals surface area contributed by atoms with E-state index in [4.69, 9.17) is 0 Å². The van der Waals surface area contributed by atoms with Gasteiger partial charge < -0.3 is 4.57 Å². The van der Waals surface area contributed by atoms with E-state index in [-0.39, 0.29) is 0 Å². The van der Waals surface area contributed by atoms with E-state index < -0.39 is 0 Å². The van der Waals surface area contributed by atoms with Crippen LogP contribution in [0.25, 0.3) is 59.6 Å². The third kappa shape index (κ3) is 2.23. The van der Waals surface area contributed by atoms with E-state index in [1.807, 2.05) is 11.3 Å². The van der Waals surface area contributed by atoms with Gasteiger partial charge in [0.05, 0.1) is 22.3 Å². The van der Waals surface area contributed by atoms with E-state index >= 15 is 0 Å². The van der Waals surface area contributed by atoms with E-state index in [0.29, 0.717) is 12.0 Å². The van der Waals surface area contributed by atoms with Gasteiger partial charge in [0.1, 0.15) is 0 Å². The van der Waals surface area contributed by atoms with E-state index in [1.165, 1.54) is 69.1 Å². The van der Waals surface area contributed by atoms with Crippen LogP contribution in [0.2, 0.25) is 0 Å². The molecule has 0 radical (unpaired) electrons. The second kappa shape index (κ2) is 6.18. The maximum absolute atomic E-state index is 2.63. The summed E-state index contributed by atoms with van der Waals surface area (Å²) in [6, 6.07) is 27.7. The molecule has 2 atom stereocenters. The fourth-order valence-electron chi connectivity index (χ4n) is 6.70. The number of thiophene rings is 1. The van der Waals surface area contributed by atoms with Crippen molar-refractivity contribution in [3.8, 4) is 0 Å². The lowest BCUT2D eigenvalue weighted by atomic mass is 9.88. The van der Waals surface area contributed by atoms with Crippen molar-refractivity contribution in [2.24, 2.45) is 0 Å². The Hall–Kier alpha value is -3.95. The van der Waals surface area contributed by atoms with Crippen molar-refractivity contribution >= 4 is 71.0 Å². The first-order valence-electron chi connectivity index (χ1n) is 12.3. The number of hydrogen-bond donors (Lipinski definition) is 0. The Morgan fingerprint density at radius 3 is 2.69 bits per heavy atom. The Morgan fingerprint density at radius 2 is 1.71 bits per heavy atom.